The summed E-state index contributed by atoms with van der Waals surface area (Å²) in [6.45, 7) is 0. The van der Waals surface area contributed by atoms with E-state index in [-0.39, 0.29) is 5.82 Å². The van der Waals surface area contributed by atoms with Crippen molar-refractivity contribution >= 4 is 10.9 Å². The van der Waals surface area contributed by atoms with Crippen LogP contribution in [0.4, 0.5) is 4.39 Å². The lowest BCUT2D eigenvalue weighted by Crippen LogP contribution is -2.27. The molecule has 3 aromatic rings. The summed E-state index contributed by atoms with van der Waals surface area (Å²) in [6, 6.07) is 8.00. The van der Waals surface area contributed by atoms with E-state index in [0.29, 0.717) is 11.3 Å². The molecule has 0 spiro atoms. The SMILES string of the molecule is Cn1nc(-c2cccc(F)c2)c2c[n+](O)ccc21. The molecule has 2 aromatic heterocycles. The molecule has 0 bridgehead atoms. The van der Waals surface area contributed by atoms with E-state index >= 15 is 0 Å². The zero-order chi connectivity index (χ0) is 12.7. The fourth-order valence-electron chi connectivity index (χ4n) is 2.05. The first-order chi connectivity index (χ1) is 8.65. The fourth-order valence-corrected chi connectivity index (χ4v) is 2.05. The molecule has 0 saturated carbocycles. The van der Waals surface area contributed by atoms with Crippen LogP contribution in [-0.4, -0.2) is 15.0 Å². The number of nitrogens with zero attached hydrogens (tertiary/aromatic N) is 3. The van der Waals surface area contributed by atoms with E-state index in [1.165, 1.54) is 18.3 Å². The van der Waals surface area contributed by atoms with Gasteiger partial charge in [0.25, 0.3) is 0 Å². The molecule has 0 amide bonds. The third-order valence-electron chi connectivity index (χ3n) is 2.87. The van der Waals surface area contributed by atoms with Gasteiger partial charge in [-0.25, -0.2) is 4.39 Å². The molecule has 18 heavy (non-hydrogen) atoms. The Morgan fingerprint density at radius 3 is 2.94 bits per heavy atom. The average Bonchev–Trinajstić information content (AvgIpc) is 2.66. The van der Waals surface area contributed by atoms with E-state index in [9.17, 15) is 9.60 Å². The molecule has 0 atom stereocenters. The van der Waals surface area contributed by atoms with Gasteiger partial charge in [-0.3, -0.25) is 9.89 Å². The maximum absolute atomic E-state index is 13.2. The molecule has 4 nitrogen and oxygen atoms in total. The molecule has 0 aliphatic carbocycles. The summed E-state index contributed by atoms with van der Waals surface area (Å²) in [5, 5.41) is 14.6. The Bertz CT molecular complexity index is 736. The van der Waals surface area contributed by atoms with Crippen molar-refractivity contribution < 1.29 is 14.3 Å². The molecule has 0 saturated heterocycles. The first-order valence-corrected chi connectivity index (χ1v) is 5.48. The monoisotopic (exact) mass is 244 g/mol. The second kappa shape index (κ2) is 3.80. The van der Waals surface area contributed by atoms with Gasteiger partial charge in [0.1, 0.15) is 11.5 Å². The molecule has 5 heteroatoms. The van der Waals surface area contributed by atoms with Gasteiger partial charge in [0.05, 0.1) is 10.9 Å². The third-order valence-corrected chi connectivity index (χ3v) is 2.87. The van der Waals surface area contributed by atoms with Crippen molar-refractivity contribution in [3.05, 3.63) is 48.5 Å². The van der Waals surface area contributed by atoms with Crippen molar-refractivity contribution in [2.45, 2.75) is 0 Å². The van der Waals surface area contributed by atoms with Crippen LogP contribution >= 0.6 is 0 Å². The molecule has 1 aromatic carbocycles. The van der Waals surface area contributed by atoms with Crippen molar-refractivity contribution in [3.63, 3.8) is 0 Å². The van der Waals surface area contributed by atoms with E-state index in [2.05, 4.69) is 5.10 Å². The van der Waals surface area contributed by atoms with Gasteiger partial charge < -0.3 is 0 Å². The lowest BCUT2D eigenvalue weighted by molar-refractivity contribution is -0.903. The molecule has 0 radical (unpaired) electrons. The van der Waals surface area contributed by atoms with E-state index in [4.69, 9.17) is 0 Å². The van der Waals surface area contributed by atoms with Crippen LogP contribution in [0.5, 0.6) is 0 Å². The zero-order valence-corrected chi connectivity index (χ0v) is 9.71. The number of aromatic nitrogens is 3. The van der Waals surface area contributed by atoms with Crippen molar-refractivity contribution in [3.8, 4) is 11.3 Å². The molecule has 0 aliphatic rings. The lowest BCUT2D eigenvalue weighted by atomic mass is 10.1. The summed E-state index contributed by atoms with van der Waals surface area (Å²) < 4.78 is 15.9. The van der Waals surface area contributed by atoms with Gasteiger partial charge in [0.15, 0.2) is 0 Å². The predicted octanol–water partition coefficient (Wildman–Crippen LogP) is 1.90. The lowest BCUT2D eigenvalue weighted by Gasteiger charge is -1.96. The van der Waals surface area contributed by atoms with Gasteiger partial charge in [-0.2, -0.15) is 5.10 Å². The average molecular weight is 244 g/mol. The number of rotatable bonds is 1. The number of halogens is 1. The largest absolute Gasteiger partial charge is 0.285 e. The number of pyridine rings is 1. The van der Waals surface area contributed by atoms with Crippen molar-refractivity contribution in [1.82, 2.24) is 9.78 Å². The summed E-state index contributed by atoms with van der Waals surface area (Å²) in [7, 11) is 1.81. The Morgan fingerprint density at radius 1 is 1.33 bits per heavy atom. The normalized spacial score (nSPS) is 11.0. The van der Waals surface area contributed by atoms with Crippen LogP contribution in [0.1, 0.15) is 0 Å². The van der Waals surface area contributed by atoms with E-state index in [1.54, 1.807) is 29.1 Å². The summed E-state index contributed by atoms with van der Waals surface area (Å²) in [5.41, 5.74) is 2.21. The van der Waals surface area contributed by atoms with Crippen molar-refractivity contribution in [2.24, 2.45) is 7.05 Å². The molecular formula is C13H11FN3O+. The molecule has 0 unspecified atom stereocenters. The zero-order valence-electron chi connectivity index (χ0n) is 9.71. The Morgan fingerprint density at radius 2 is 2.17 bits per heavy atom. The summed E-state index contributed by atoms with van der Waals surface area (Å²) in [5.74, 6) is -0.306. The summed E-state index contributed by atoms with van der Waals surface area (Å²) in [6.07, 6.45) is 3.09. The fraction of sp³-hybridized carbons (Fsp3) is 0.0769. The third kappa shape index (κ3) is 1.60. The van der Waals surface area contributed by atoms with Gasteiger partial charge in [0, 0.05) is 23.4 Å². The van der Waals surface area contributed by atoms with E-state index in [0.717, 1.165) is 15.6 Å². The van der Waals surface area contributed by atoms with E-state index in [1.807, 2.05) is 7.05 Å². The van der Waals surface area contributed by atoms with Crippen molar-refractivity contribution in [1.29, 1.82) is 0 Å². The van der Waals surface area contributed by atoms with Crippen LogP contribution in [0.25, 0.3) is 22.2 Å². The molecule has 2 heterocycles. The minimum absolute atomic E-state index is 0.306. The van der Waals surface area contributed by atoms with Gasteiger partial charge in [0.2, 0.25) is 12.4 Å². The van der Waals surface area contributed by atoms with E-state index < -0.39 is 0 Å². The standard InChI is InChI=1S/C13H11FN3O/c1-16-12-5-6-17(18)8-11(12)13(15-16)9-3-2-4-10(14)7-9/h2-8,18H,1H3/q+1. The Kier molecular flexibility index (Phi) is 2.26. The van der Waals surface area contributed by atoms with Gasteiger partial charge >= 0.3 is 0 Å². The maximum atomic E-state index is 13.2. The quantitative estimate of drug-likeness (QED) is 0.524. The summed E-state index contributed by atoms with van der Waals surface area (Å²) in [4.78, 5) is 0. The first-order valence-electron chi connectivity index (χ1n) is 5.48. The predicted molar refractivity (Wildman–Crippen MR) is 63.5 cm³/mol. The summed E-state index contributed by atoms with van der Waals surface area (Å²) >= 11 is 0. The van der Waals surface area contributed by atoms with Crippen LogP contribution in [0, 0.1) is 5.82 Å². The van der Waals surface area contributed by atoms with Crippen LogP contribution < -0.4 is 4.73 Å². The topological polar surface area (TPSA) is 41.9 Å². The second-order valence-corrected chi connectivity index (χ2v) is 4.11. The van der Waals surface area contributed by atoms with Crippen LogP contribution in [0.15, 0.2) is 42.7 Å². The highest BCUT2D eigenvalue weighted by Crippen LogP contribution is 2.26. The first kappa shape index (κ1) is 10.7. The number of fused-ring (bicyclic) bond motifs is 1. The number of hydrogen-bond donors (Lipinski definition) is 1. The smallest absolute Gasteiger partial charge is 0.233 e. The van der Waals surface area contributed by atoms with Gasteiger partial charge in [-0.15, -0.1) is 0 Å². The highest BCUT2D eigenvalue weighted by Gasteiger charge is 2.14. The molecular weight excluding hydrogens is 233 g/mol. The maximum Gasteiger partial charge on any atom is 0.233 e. The minimum atomic E-state index is -0.306. The Hall–Kier alpha value is -2.43. The molecule has 0 fully saturated rings. The van der Waals surface area contributed by atoms with Crippen molar-refractivity contribution in [2.75, 3.05) is 0 Å². The van der Waals surface area contributed by atoms with Gasteiger partial charge in [-0.05, 0) is 12.1 Å². The highest BCUT2D eigenvalue weighted by molar-refractivity contribution is 5.92. The number of hydrogen-bond acceptors (Lipinski definition) is 2. The highest BCUT2D eigenvalue weighted by atomic mass is 19.1. The molecule has 0 aliphatic heterocycles. The Labute approximate surface area is 102 Å². The number of benzene rings is 1. The minimum Gasteiger partial charge on any atom is -0.285 e. The van der Waals surface area contributed by atoms with Crippen LogP contribution in [0.2, 0.25) is 0 Å². The molecule has 90 valence electrons. The van der Waals surface area contributed by atoms with Gasteiger partial charge in [-0.1, -0.05) is 12.1 Å². The number of aryl methyl sites for hydroxylation is 1. The Balaban J connectivity index is 2.32. The van der Waals surface area contributed by atoms with Crippen LogP contribution in [0.3, 0.4) is 0 Å². The van der Waals surface area contributed by atoms with Crippen LogP contribution in [-0.2, 0) is 7.05 Å². The second-order valence-electron chi connectivity index (χ2n) is 4.11. The molecule has 3 rings (SSSR count). The molecule has 1 N–H and O–H groups in total.